The van der Waals surface area contributed by atoms with Crippen molar-refractivity contribution in [3.63, 3.8) is 0 Å². The molecule has 3 aromatic rings. The molecule has 12 heteroatoms. The lowest BCUT2D eigenvalue weighted by Crippen LogP contribution is -2.52. The summed E-state index contributed by atoms with van der Waals surface area (Å²) in [5.41, 5.74) is 8.40. The van der Waals surface area contributed by atoms with E-state index in [9.17, 15) is 24.1 Å². The lowest BCUT2D eigenvalue weighted by atomic mass is 9.92. The second-order valence-electron chi connectivity index (χ2n) is 12.3. The molecule has 0 amide bonds. The van der Waals surface area contributed by atoms with Gasteiger partial charge < -0.3 is 35.3 Å². The number of halogens is 3. The van der Waals surface area contributed by atoms with Crippen molar-refractivity contribution in [1.82, 2.24) is 4.90 Å². The summed E-state index contributed by atoms with van der Waals surface area (Å²) in [6, 6.07) is 16.2. The second kappa shape index (κ2) is 14.4. The summed E-state index contributed by atoms with van der Waals surface area (Å²) in [5, 5.41) is 31.7. The zero-order chi connectivity index (χ0) is 32.5. The normalized spacial score (nSPS) is 32.0. The highest BCUT2D eigenvalue weighted by molar-refractivity contribution is 7.99. The molecule has 0 bridgehead atoms. The van der Waals surface area contributed by atoms with Crippen molar-refractivity contribution in [1.29, 1.82) is 0 Å². The molecule has 3 aromatic carbocycles. The molecule has 3 saturated heterocycles. The largest absolute Gasteiger partial charge is 0.489 e. The van der Waals surface area contributed by atoms with Gasteiger partial charge in [0, 0.05) is 35.8 Å². The zero-order valence-corrected chi connectivity index (χ0v) is 26.9. The van der Waals surface area contributed by atoms with Crippen molar-refractivity contribution in [2.75, 3.05) is 26.0 Å². The molecule has 248 valence electrons. The Bertz CT molecular complexity index is 1500. The highest BCUT2D eigenvalue weighted by Gasteiger charge is 2.44. The van der Waals surface area contributed by atoms with Crippen LogP contribution in [-0.4, -0.2) is 88.1 Å². The van der Waals surface area contributed by atoms with E-state index in [0.29, 0.717) is 36.6 Å². The van der Waals surface area contributed by atoms with Crippen LogP contribution in [0.25, 0.3) is 0 Å². The summed E-state index contributed by atoms with van der Waals surface area (Å²) >= 11 is 7.81. The molecule has 5 N–H and O–H groups in total. The molecule has 0 spiro atoms. The van der Waals surface area contributed by atoms with E-state index in [4.69, 9.17) is 31.5 Å². The van der Waals surface area contributed by atoms with Gasteiger partial charge in [0.2, 0.25) is 0 Å². The van der Waals surface area contributed by atoms with E-state index in [1.54, 1.807) is 18.4 Å². The average molecular weight is 677 g/mol. The minimum atomic E-state index is -1.33. The summed E-state index contributed by atoms with van der Waals surface area (Å²) in [7, 11) is 0. The van der Waals surface area contributed by atoms with E-state index in [1.807, 2.05) is 30.3 Å². The maximum atomic E-state index is 14.3. The first-order chi connectivity index (χ1) is 22.1. The van der Waals surface area contributed by atoms with Gasteiger partial charge in [0.1, 0.15) is 59.4 Å². The van der Waals surface area contributed by atoms with Crippen LogP contribution < -0.4 is 10.5 Å². The molecule has 0 radical (unpaired) electrons. The van der Waals surface area contributed by atoms with Crippen LogP contribution in [0.15, 0.2) is 60.7 Å². The number of likely N-dealkylation sites (tertiary alicyclic amines) is 1. The molecular formula is C34H39ClF2N2O6S. The van der Waals surface area contributed by atoms with Gasteiger partial charge in [-0.2, -0.15) is 0 Å². The Morgan fingerprint density at radius 2 is 1.78 bits per heavy atom. The monoisotopic (exact) mass is 676 g/mol. The van der Waals surface area contributed by atoms with Crippen LogP contribution in [0.3, 0.4) is 0 Å². The highest BCUT2D eigenvalue weighted by Crippen LogP contribution is 2.37. The van der Waals surface area contributed by atoms with Crippen molar-refractivity contribution < 1.29 is 38.3 Å². The van der Waals surface area contributed by atoms with Crippen LogP contribution in [-0.2, 0) is 15.9 Å². The number of aliphatic hydroxyl groups excluding tert-OH is 3. The summed E-state index contributed by atoms with van der Waals surface area (Å²) in [6.45, 7) is 1.92. The molecule has 3 heterocycles. The quantitative estimate of drug-likeness (QED) is 0.276. The minimum absolute atomic E-state index is 0.00696. The Hall–Kier alpha value is -2.32. The molecule has 0 saturated carbocycles. The van der Waals surface area contributed by atoms with E-state index in [2.05, 4.69) is 4.90 Å². The third-order valence-electron chi connectivity index (χ3n) is 9.18. The smallest absolute Gasteiger partial charge is 0.132 e. The molecule has 0 aromatic heterocycles. The molecule has 3 aliphatic rings. The topological polar surface area (TPSA) is 118 Å². The molecule has 6 rings (SSSR count). The van der Waals surface area contributed by atoms with Crippen LogP contribution in [0.2, 0.25) is 5.02 Å². The third-order valence-corrected chi connectivity index (χ3v) is 10.4. The SMILES string of the molecule is CS[C@H]1O[C@@H](c2ccc(Cl)c(Cc3ccc(O[C@@H]4CCN([C@@H]5CO[C@H](c6cc(F)ccc6F)[C@@H](N)C5)C4)cc3)c2)[C@H](O)[C@@H](O)[C@@H]1O. The van der Waals surface area contributed by atoms with E-state index in [1.165, 1.54) is 11.8 Å². The van der Waals surface area contributed by atoms with Gasteiger partial charge in [-0.15, -0.1) is 11.8 Å². The number of hydrogen-bond acceptors (Lipinski definition) is 9. The molecule has 3 fully saturated rings. The summed E-state index contributed by atoms with van der Waals surface area (Å²) < 4.78 is 46.2. The molecule has 3 aliphatic heterocycles. The Kier molecular flexibility index (Phi) is 10.5. The Labute approximate surface area is 276 Å². The maximum Gasteiger partial charge on any atom is 0.132 e. The highest BCUT2D eigenvalue weighted by atomic mass is 35.5. The number of benzene rings is 3. The number of rotatable bonds is 8. The van der Waals surface area contributed by atoms with Gasteiger partial charge in [0.25, 0.3) is 0 Å². The van der Waals surface area contributed by atoms with Crippen molar-refractivity contribution in [2.45, 2.75) is 73.4 Å². The maximum absolute atomic E-state index is 14.3. The van der Waals surface area contributed by atoms with E-state index >= 15 is 0 Å². The summed E-state index contributed by atoms with van der Waals surface area (Å²) in [4.78, 5) is 2.29. The second-order valence-corrected chi connectivity index (χ2v) is 13.6. The van der Waals surface area contributed by atoms with E-state index in [0.717, 1.165) is 48.0 Å². The van der Waals surface area contributed by atoms with Gasteiger partial charge in [-0.25, -0.2) is 8.78 Å². The first-order valence-corrected chi connectivity index (χ1v) is 17.1. The molecule has 0 unspecified atom stereocenters. The molecule has 46 heavy (non-hydrogen) atoms. The fourth-order valence-electron chi connectivity index (χ4n) is 6.66. The number of ether oxygens (including phenoxy) is 3. The van der Waals surface area contributed by atoms with Gasteiger partial charge in [0.05, 0.1) is 6.61 Å². The molecular weight excluding hydrogens is 638 g/mol. The van der Waals surface area contributed by atoms with E-state index in [-0.39, 0.29) is 17.7 Å². The standard InChI is InChI=1S/C34H39ClF2N2O6S/c1-46-34-31(42)29(40)30(41)32(45-34)19-4-8-26(35)20(13-19)12-18-2-6-23(7-3-18)44-24-10-11-39(16-24)22-15-28(38)33(43-17-22)25-14-21(36)5-9-27(25)37/h2-9,13-14,22,24,28-34,40-42H,10-12,15-17,38H2,1H3/t22-,24+,28-,29+,30+,31-,32-,33+,34+/m0/s1. The molecule has 8 nitrogen and oxygen atoms in total. The summed E-state index contributed by atoms with van der Waals surface area (Å²) in [6.07, 6.45) is -1.52. The first kappa shape index (κ1) is 33.6. The van der Waals surface area contributed by atoms with Crippen LogP contribution in [0, 0.1) is 11.6 Å². The number of nitrogens with two attached hydrogens (primary N) is 1. The van der Waals surface area contributed by atoms with Gasteiger partial charge in [-0.05, 0) is 78.6 Å². The van der Waals surface area contributed by atoms with Crippen molar-refractivity contribution >= 4 is 23.4 Å². The van der Waals surface area contributed by atoms with Crippen LogP contribution in [0.1, 0.15) is 47.3 Å². The predicted octanol–water partition coefficient (Wildman–Crippen LogP) is 4.36. The van der Waals surface area contributed by atoms with Crippen LogP contribution in [0.5, 0.6) is 5.75 Å². The van der Waals surface area contributed by atoms with Gasteiger partial charge in [-0.3, -0.25) is 4.90 Å². The average Bonchev–Trinajstić information content (AvgIpc) is 3.52. The van der Waals surface area contributed by atoms with Crippen molar-refractivity contribution in [3.05, 3.63) is 99.6 Å². The van der Waals surface area contributed by atoms with Crippen molar-refractivity contribution in [2.24, 2.45) is 5.73 Å². The third kappa shape index (κ3) is 7.23. The van der Waals surface area contributed by atoms with Gasteiger partial charge >= 0.3 is 0 Å². The van der Waals surface area contributed by atoms with Crippen LogP contribution >= 0.6 is 23.4 Å². The predicted molar refractivity (Wildman–Crippen MR) is 172 cm³/mol. The zero-order valence-electron chi connectivity index (χ0n) is 25.3. The lowest BCUT2D eigenvalue weighted by molar-refractivity contribution is -0.200. The van der Waals surface area contributed by atoms with Crippen LogP contribution in [0.4, 0.5) is 8.78 Å². The molecule has 9 atom stereocenters. The fraction of sp³-hybridized carbons (Fsp3) is 0.471. The number of aliphatic hydroxyl groups is 3. The number of nitrogens with zero attached hydrogens (tertiary/aromatic N) is 1. The summed E-state index contributed by atoms with van der Waals surface area (Å²) in [5.74, 6) is -0.278. The minimum Gasteiger partial charge on any atom is -0.489 e. The fourth-order valence-corrected chi connectivity index (χ4v) is 7.51. The van der Waals surface area contributed by atoms with Gasteiger partial charge in [0.15, 0.2) is 0 Å². The Morgan fingerprint density at radius 1 is 1.00 bits per heavy atom. The van der Waals surface area contributed by atoms with E-state index < -0.39 is 53.6 Å². The van der Waals surface area contributed by atoms with Crippen molar-refractivity contribution in [3.8, 4) is 5.75 Å². The Balaban J connectivity index is 1.03. The number of hydrogen-bond donors (Lipinski definition) is 4. The number of thioether (sulfide) groups is 1. The lowest BCUT2D eigenvalue weighted by Gasteiger charge is -2.40. The first-order valence-electron chi connectivity index (χ1n) is 15.4. The Morgan fingerprint density at radius 3 is 2.52 bits per heavy atom. The van der Waals surface area contributed by atoms with Gasteiger partial charge in [-0.1, -0.05) is 35.9 Å². The molecule has 0 aliphatic carbocycles.